The first-order valence-corrected chi connectivity index (χ1v) is 12.0. The van der Waals surface area contributed by atoms with Crippen LogP contribution in [0, 0.1) is 0 Å². The van der Waals surface area contributed by atoms with Crippen molar-refractivity contribution in [2.45, 2.75) is 38.3 Å². The standard InChI is InChI=1S/C30H28N2O/c1-4-12-21(13-5-1)27-25-17-8-3-11-19-33-26-18-10-9-16-23(26)30-28(27)24(20-31-30)29(32-25)22-14-6-2-7-15-22/h1-2,4-7,9-10,12-16,18,30-31H,3,8,11,17,19-20H2. The van der Waals surface area contributed by atoms with Gasteiger partial charge >= 0.3 is 0 Å². The molecular formula is C30H28N2O. The number of benzene rings is 3. The summed E-state index contributed by atoms with van der Waals surface area (Å²) in [5.74, 6) is 0.988. The number of aromatic nitrogens is 1. The van der Waals surface area contributed by atoms with Crippen LogP contribution < -0.4 is 10.1 Å². The van der Waals surface area contributed by atoms with E-state index < -0.39 is 0 Å². The minimum Gasteiger partial charge on any atom is -0.493 e. The molecule has 1 aromatic heterocycles. The highest BCUT2D eigenvalue weighted by molar-refractivity contribution is 5.79. The van der Waals surface area contributed by atoms with Crippen LogP contribution in [0.15, 0.2) is 84.9 Å². The Labute approximate surface area is 195 Å². The normalized spacial score (nSPS) is 17.4. The summed E-state index contributed by atoms with van der Waals surface area (Å²) in [7, 11) is 0. The maximum absolute atomic E-state index is 6.29. The van der Waals surface area contributed by atoms with Crippen LogP contribution in [0.4, 0.5) is 0 Å². The molecule has 1 N–H and O–H groups in total. The van der Waals surface area contributed by atoms with Crippen molar-refractivity contribution in [3.8, 4) is 28.1 Å². The van der Waals surface area contributed by atoms with E-state index in [2.05, 4.69) is 90.2 Å². The molecule has 0 saturated carbocycles. The van der Waals surface area contributed by atoms with E-state index in [0.717, 1.165) is 50.3 Å². The van der Waals surface area contributed by atoms with E-state index in [1.165, 1.54) is 39.1 Å². The van der Waals surface area contributed by atoms with Gasteiger partial charge in [0.15, 0.2) is 0 Å². The van der Waals surface area contributed by atoms with E-state index in [0.29, 0.717) is 0 Å². The molecule has 2 bridgehead atoms. The molecule has 0 radical (unpaired) electrons. The lowest BCUT2D eigenvalue weighted by Crippen LogP contribution is -2.16. The smallest absolute Gasteiger partial charge is 0.124 e. The van der Waals surface area contributed by atoms with E-state index in [-0.39, 0.29) is 6.04 Å². The van der Waals surface area contributed by atoms with Gasteiger partial charge in [0, 0.05) is 28.9 Å². The molecule has 3 aromatic carbocycles. The van der Waals surface area contributed by atoms with Gasteiger partial charge in [0.05, 0.1) is 18.3 Å². The van der Waals surface area contributed by atoms with Gasteiger partial charge in [0.1, 0.15) is 5.75 Å². The fraction of sp³-hybridized carbons (Fsp3) is 0.233. The molecule has 0 aliphatic carbocycles. The van der Waals surface area contributed by atoms with Crippen LogP contribution in [0.5, 0.6) is 5.75 Å². The maximum atomic E-state index is 6.29. The summed E-state index contributed by atoms with van der Waals surface area (Å²) in [4.78, 5) is 5.36. The summed E-state index contributed by atoms with van der Waals surface area (Å²) in [5.41, 5.74) is 9.95. The van der Waals surface area contributed by atoms with Crippen LogP contribution in [0.1, 0.15) is 47.7 Å². The molecule has 1 atom stereocenters. The van der Waals surface area contributed by atoms with Crippen LogP contribution in [0.3, 0.4) is 0 Å². The zero-order valence-corrected chi connectivity index (χ0v) is 18.8. The molecule has 2 aliphatic heterocycles. The number of pyridine rings is 1. The second-order valence-corrected chi connectivity index (χ2v) is 8.92. The molecule has 2 aliphatic rings. The highest BCUT2D eigenvalue weighted by atomic mass is 16.5. The summed E-state index contributed by atoms with van der Waals surface area (Å²) >= 11 is 0. The first kappa shape index (κ1) is 20.2. The Bertz CT molecular complexity index is 1270. The number of hydrogen-bond donors (Lipinski definition) is 1. The SMILES string of the molecule is c1ccc(-c2nc3c(-c4ccccc4)c4c2CNC4c2ccccc2OCCCCC3)cc1. The summed E-state index contributed by atoms with van der Waals surface area (Å²) < 4.78 is 6.29. The number of fused-ring (bicyclic) bond motifs is 3. The predicted octanol–water partition coefficient (Wildman–Crippen LogP) is 6.71. The first-order chi connectivity index (χ1) is 16.4. The van der Waals surface area contributed by atoms with Crippen molar-refractivity contribution >= 4 is 0 Å². The van der Waals surface area contributed by atoms with Gasteiger partial charge in [-0.1, -0.05) is 78.9 Å². The number of hydrogen-bond acceptors (Lipinski definition) is 3. The fourth-order valence-corrected chi connectivity index (χ4v) is 5.31. The largest absolute Gasteiger partial charge is 0.493 e. The molecule has 4 aromatic rings. The topological polar surface area (TPSA) is 34.2 Å². The number of ether oxygens (including phenoxy) is 1. The van der Waals surface area contributed by atoms with Crippen molar-refractivity contribution < 1.29 is 4.74 Å². The molecule has 0 amide bonds. The highest BCUT2D eigenvalue weighted by Crippen LogP contribution is 2.45. The Hall–Kier alpha value is -3.43. The van der Waals surface area contributed by atoms with Crippen molar-refractivity contribution in [3.63, 3.8) is 0 Å². The average molecular weight is 433 g/mol. The average Bonchev–Trinajstić information content (AvgIpc) is 3.30. The highest BCUT2D eigenvalue weighted by Gasteiger charge is 2.33. The summed E-state index contributed by atoms with van der Waals surface area (Å²) in [6.07, 6.45) is 4.29. The van der Waals surface area contributed by atoms with Crippen molar-refractivity contribution in [2.24, 2.45) is 0 Å². The number of rotatable bonds is 2. The molecule has 0 saturated heterocycles. The Kier molecular flexibility index (Phi) is 5.41. The maximum Gasteiger partial charge on any atom is 0.124 e. The van der Waals surface area contributed by atoms with Gasteiger partial charge in [-0.2, -0.15) is 0 Å². The van der Waals surface area contributed by atoms with Gasteiger partial charge in [0.2, 0.25) is 0 Å². The molecule has 164 valence electrons. The van der Waals surface area contributed by atoms with Gasteiger partial charge in [-0.25, -0.2) is 0 Å². The molecule has 3 heteroatoms. The monoisotopic (exact) mass is 432 g/mol. The van der Waals surface area contributed by atoms with Crippen molar-refractivity contribution in [1.82, 2.24) is 10.3 Å². The lowest BCUT2D eigenvalue weighted by Gasteiger charge is -2.24. The molecule has 33 heavy (non-hydrogen) atoms. The Balaban J connectivity index is 1.66. The van der Waals surface area contributed by atoms with E-state index in [1.54, 1.807) is 0 Å². The second-order valence-electron chi connectivity index (χ2n) is 8.92. The lowest BCUT2D eigenvalue weighted by molar-refractivity contribution is 0.300. The third-order valence-electron chi connectivity index (χ3n) is 6.84. The molecule has 6 rings (SSSR count). The minimum atomic E-state index is 0.0787. The Morgan fingerprint density at radius 3 is 2.30 bits per heavy atom. The van der Waals surface area contributed by atoms with Crippen molar-refractivity contribution in [3.05, 3.63) is 107 Å². The summed E-state index contributed by atoms with van der Waals surface area (Å²) in [6, 6.07) is 30.1. The van der Waals surface area contributed by atoms with Crippen LogP contribution in [-0.2, 0) is 13.0 Å². The van der Waals surface area contributed by atoms with Crippen LogP contribution in [0.2, 0.25) is 0 Å². The number of para-hydroxylation sites is 1. The summed E-state index contributed by atoms with van der Waals surface area (Å²) in [6.45, 7) is 1.56. The predicted molar refractivity (Wildman–Crippen MR) is 133 cm³/mol. The number of nitrogens with zero attached hydrogens (tertiary/aromatic N) is 1. The Morgan fingerprint density at radius 2 is 1.48 bits per heavy atom. The van der Waals surface area contributed by atoms with Gasteiger partial charge in [-0.05, 0) is 48.4 Å². The molecule has 0 spiro atoms. The van der Waals surface area contributed by atoms with Crippen LogP contribution in [-0.4, -0.2) is 11.6 Å². The fourth-order valence-electron chi connectivity index (χ4n) is 5.31. The third-order valence-corrected chi connectivity index (χ3v) is 6.84. The van der Waals surface area contributed by atoms with Gasteiger partial charge in [0.25, 0.3) is 0 Å². The molecular weight excluding hydrogens is 404 g/mol. The van der Waals surface area contributed by atoms with Crippen molar-refractivity contribution in [1.29, 1.82) is 0 Å². The van der Waals surface area contributed by atoms with Crippen LogP contribution >= 0.6 is 0 Å². The molecule has 1 unspecified atom stereocenters. The Morgan fingerprint density at radius 1 is 0.758 bits per heavy atom. The second kappa shape index (κ2) is 8.84. The van der Waals surface area contributed by atoms with Gasteiger partial charge in [-0.3, -0.25) is 4.98 Å². The van der Waals surface area contributed by atoms with Gasteiger partial charge in [-0.15, -0.1) is 0 Å². The number of aryl methyl sites for hydroxylation is 1. The quantitative estimate of drug-likeness (QED) is 0.382. The third kappa shape index (κ3) is 3.73. The first-order valence-electron chi connectivity index (χ1n) is 12.0. The molecule has 0 fully saturated rings. The van der Waals surface area contributed by atoms with E-state index >= 15 is 0 Å². The summed E-state index contributed by atoms with van der Waals surface area (Å²) in [5, 5.41) is 3.82. The number of nitrogens with one attached hydrogen (secondary N) is 1. The zero-order valence-electron chi connectivity index (χ0n) is 18.8. The van der Waals surface area contributed by atoms with Crippen molar-refractivity contribution in [2.75, 3.05) is 6.61 Å². The van der Waals surface area contributed by atoms with E-state index in [9.17, 15) is 0 Å². The molecule has 3 heterocycles. The lowest BCUT2D eigenvalue weighted by atomic mass is 9.86. The zero-order chi connectivity index (χ0) is 22.0. The van der Waals surface area contributed by atoms with Gasteiger partial charge < -0.3 is 10.1 Å². The molecule has 3 nitrogen and oxygen atoms in total. The minimum absolute atomic E-state index is 0.0787. The van der Waals surface area contributed by atoms with E-state index in [4.69, 9.17) is 9.72 Å². The van der Waals surface area contributed by atoms with Crippen LogP contribution in [0.25, 0.3) is 22.4 Å². The van der Waals surface area contributed by atoms with E-state index in [1.807, 2.05) is 0 Å².